The molecule has 1 amide bonds. The van der Waals surface area contributed by atoms with Crippen LogP contribution in [-0.2, 0) is 4.79 Å². The standard InChI is InChI=1S/C19H28N2.C10H10FNO.C4H10.C2H6/c1-5-14-21(6-2)18(20)16-11-9-15(10-12-16)17-8-7-13-19(17,3)4;1-5-3-9-7(4-8(5)11)6(2)10(13)12-9;1-3-4-2;1-2/h8-12,20H,5-7,13-14H2,1-4H3;3-4,6H,1-2H3,(H,12,13);3-4H2,1-2H3;1-2H3. The molecular formula is C35H54FN3O. The summed E-state index contributed by atoms with van der Waals surface area (Å²) in [5, 5.41) is 11.1. The monoisotopic (exact) mass is 551 g/mol. The zero-order valence-corrected chi connectivity index (χ0v) is 26.8. The van der Waals surface area contributed by atoms with Crippen LogP contribution in [0.4, 0.5) is 10.1 Å². The van der Waals surface area contributed by atoms with Gasteiger partial charge in [0.2, 0.25) is 5.91 Å². The molecule has 1 atom stereocenters. The summed E-state index contributed by atoms with van der Waals surface area (Å²) in [5.74, 6) is 0.109. The van der Waals surface area contributed by atoms with Crippen molar-refractivity contribution < 1.29 is 9.18 Å². The summed E-state index contributed by atoms with van der Waals surface area (Å²) >= 11 is 0. The SMILES string of the molecule is CC.CCCC.CCCN(CC)C(=N)c1ccc(C2=CCCC2(C)C)cc1.Cc1cc2c(cc1F)C(C)C(=O)N2. The first-order valence-electron chi connectivity index (χ1n) is 15.3. The minimum absolute atomic E-state index is 0.0556. The van der Waals surface area contributed by atoms with Crippen molar-refractivity contribution in [1.29, 1.82) is 5.41 Å². The molecule has 0 bridgehead atoms. The molecule has 1 heterocycles. The fourth-order valence-electron chi connectivity index (χ4n) is 4.73. The molecule has 0 fully saturated rings. The van der Waals surface area contributed by atoms with Gasteiger partial charge in [-0.3, -0.25) is 10.2 Å². The molecule has 0 spiro atoms. The predicted octanol–water partition coefficient (Wildman–Crippen LogP) is 9.97. The number of nitrogens with one attached hydrogen (secondary N) is 2. The van der Waals surface area contributed by atoms with Gasteiger partial charge in [0.25, 0.3) is 0 Å². The molecular weight excluding hydrogens is 497 g/mol. The molecule has 5 heteroatoms. The number of amidine groups is 1. The van der Waals surface area contributed by atoms with Crippen LogP contribution in [0.25, 0.3) is 5.57 Å². The van der Waals surface area contributed by atoms with Gasteiger partial charge in [0, 0.05) is 24.3 Å². The highest BCUT2D eigenvalue weighted by atomic mass is 19.1. The number of unbranched alkanes of at least 4 members (excludes halogenated alkanes) is 1. The summed E-state index contributed by atoms with van der Waals surface area (Å²) in [6.07, 6.45) is 8.51. The van der Waals surface area contributed by atoms with E-state index in [-0.39, 0.29) is 23.1 Å². The predicted molar refractivity (Wildman–Crippen MR) is 172 cm³/mol. The number of amides is 1. The van der Waals surface area contributed by atoms with Crippen molar-refractivity contribution in [2.45, 2.75) is 107 Å². The fraction of sp³-hybridized carbons (Fsp3) is 0.543. The first-order valence-corrected chi connectivity index (χ1v) is 15.3. The van der Waals surface area contributed by atoms with E-state index in [9.17, 15) is 9.18 Å². The number of nitrogens with zero attached hydrogens (tertiary/aromatic N) is 1. The normalized spacial score (nSPS) is 16.1. The second kappa shape index (κ2) is 17.0. The van der Waals surface area contributed by atoms with Gasteiger partial charge >= 0.3 is 0 Å². The van der Waals surface area contributed by atoms with Crippen LogP contribution in [0.5, 0.6) is 0 Å². The molecule has 1 unspecified atom stereocenters. The van der Waals surface area contributed by atoms with E-state index in [0.717, 1.165) is 36.3 Å². The molecule has 2 aromatic rings. The largest absolute Gasteiger partial charge is 0.357 e. The number of fused-ring (bicyclic) bond motifs is 1. The number of halogens is 1. The van der Waals surface area contributed by atoms with Crippen LogP contribution in [-0.4, -0.2) is 29.7 Å². The molecule has 1 aliphatic heterocycles. The number of benzene rings is 2. The second-order valence-corrected chi connectivity index (χ2v) is 10.9. The van der Waals surface area contributed by atoms with Gasteiger partial charge in [-0.2, -0.15) is 0 Å². The van der Waals surface area contributed by atoms with E-state index in [4.69, 9.17) is 5.41 Å². The number of hydrogen-bond acceptors (Lipinski definition) is 2. The highest BCUT2D eigenvalue weighted by Crippen LogP contribution is 2.43. The molecule has 2 aliphatic rings. The Kier molecular flexibility index (Phi) is 14.9. The van der Waals surface area contributed by atoms with E-state index in [1.807, 2.05) is 13.8 Å². The molecule has 0 radical (unpaired) electrons. The lowest BCUT2D eigenvalue weighted by atomic mass is 9.82. The average molecular weight is 552 g/mol. The van der Waals surface area contributed by atoms with E-state index in [1.54, 1.807) is 19.9 Å². The van der Waals surface area contributed by atoms with Gasteiger partial charge in [0.15, 0.2) is 0 Å². The van der Waals surface area contributed by atoms with Crippen molar-refractivity contribution in [2.75, 3.05) is 18.4 Å². The van der Waals surface area contributed by atoms with E-state index in [0.29, 0.717) is 11.4 Å². The van der Waals surface area contributed by atoms with E-state index < -0.39 is 0 Å². The molecule has 0 saturated carbocycles. The summed E-state index contributed by atoms with van der Waals surface area (Å²) in [4.78, 5) is 13.4. The molecule has 4 rings (SSSR count). The lowest BCUT2D eigenvalue weighted by Crippen LogP contribution is -2.31. The minimum atomic E-state index is -0.248. The van der Waals surface area contributed by atoms with Gasteiger partial charge in [0.05, 0.1) is 5.92 Å². The van der Waals surface area contributed by atoms with Gasteiger partial charge in [-0.25, -0.2) is 4.39 Å². The molecule has 40 heavy (non-hydrogen) atoms. The average Bonchev–Trinajstić information content (AvgIpc) is 3.45. The quantitative estimate of drug-likeness (QED) is 0.277. The van der Waals surface area contributed by atoms with Crippen LogP contribution < -0.4 is 5.32 Å². The van der Waals surface area contributed by atoms with Crippen molar-refractivity contribution in [1.82, 2.24) is 4.90 Å². The Morgan fingerprint density at radius 2 is 1.65 bits per heavy atom. The van der Waals surface area contributed by atoms with Crippen molar-refractivity contribution in [3.8, 4) is 0 Å². The maximum atomic E-state index is 13.1. The maximum absolute atomic E-state index is 13.1. The van der Waals surface area contributed by atoms with Crippen molar-refractivity contribution in [3.05, 3.63) is 70.5 Å². The lowest BCUT2D eigenvalue weighted by molar-refractivity contribution is -0.116. The molecule has 0 aromatic heterocycles. The van der Waals surface area contributed by atoms with Gasteiger partial charge in [0.1, 0.15) is 11.7 Å². The number of allylic oxidation sites excluding steroid dienone is 2. The van der Waals surface area contributed by atoms with Crippen LogP contribution in [0.1, 0.15) is 123 Å². The Bertz CT molecular complexity index is 1120. The summed E-state index contributed by atoms with van der Waals surface area (Å²) in [7, 11) is 0. The highest BCUT2D eigenvalue weighted by molar-refractivity contribution is 6.02. The smallest absolute Gasteiger partial charge is 0.231 e. The summed E-state index contributed by atoms with van der Waals surface area (Å²) in [5.41, 5.74) is 6.14. The molecule has 4 nitrogen and oxygen atoms in total. The Labute approximate surface area is 244 Å². The fourth-order valence-corrected chi connectivity index (χ4v) is 4.73. The molecule has 1 aliphatic carbocycles. The van der Waals surface area contributed by atoms with Crippen molar-refractivity contribution >= 4 is 23.0 Å². The van der Waals surface area contributed by atoms with Crippen LogP contribution in [0.15, 0.2) is 42.5 Å². The second-order valence-electron chi connectivity index (χ2n) is 10.9. The molecule has 2 N–H and O–H groups in total. The van der Waals surface area contributed by atoms with Crippen LogP contribution >= 0.6 is 0 Å². The van der Waals surface area contributed by atoms with Crippen LogP contribution in [0, 0.1) is 23.6 Å². The number of rotatable bonds is 6. The zero-order valence-electron chi connectivity index (χ0n) is 26.8. The minimum Gasteiger partial charge on any atom is -0.357 e. The van der Waals surface area contributed by atoms with Crippen molar-refractivity contribution in [2.24, 2.45) is 5.41 Å². The first kappa shape index (κ1) is 35.1. The van der Waals surface area contributed by atoms with Gasteiger partial charge in [-0.05, 0) is 79.8 Å². The number of carbonyl (C=O) groups is 1. The number of hydrogen-bond donors (Lipinski definition) is 2. The summed E-state index contributed by atoms with van der Waals surface area (Å²) < 4.78 is 13.1. The number of aryl methyl sites for hydroxylation is 1. The van der Waals surface area contributed by atoms with Crippen molar-refractivity contribution in [3.63, 3.8) is 0 Å². The van der Waals surface area contributed by atoms with Crippen LogP contribution in [0.3, 0.4) is 0 Å². The lowest BCUT2D eigenvalue weighted by Gasteiger charge is -2.24. The van der Waals surface area contributed by atoms with Gasteiger partial charge in [-0.1, -0.05) is 91.6 Å². The summed E-state index contributed by atoms with van der Waals surface area (Å²) in [6, 6.07) is 11.7. The number of carbonyl (C=O) groups excluding carboxylic acids is 1. The number of anilines is 1. The third-order valence-corrected chi connectivity index (χ3v) is 7.46. The molecule has 222 valence electrons. The Morgan fingerprint density at radius 1 is 1.05 bits per heavy atom. The van der Waals surface area contributed by atoms with E-state index >= 15 is 0 Å². The third kappa shape index (κ3) is 9.31. The molecule has 0 saturated heterocycles. The Morgan fingerprint density at radius 3 is 2.12 bits per heavy atom. The van der Waals surface area contributed by atoms with Crippen LogP contribution in [0.2, 0.25) is 0 Å². The Hall–Kier alpha value is -2.95. The van der Waals surface area contributed by atoms with Gasteiger partial charge < -0.3 is 10.2 Å². The molecule has 2 aromatic carbocycles. The Balaban J connectivity index is 0.000000357. The van der Waals surface area contributed by atoms with E-state index in [2.05, 4.69) is 82.1 Å². The van der Waals surface area contributed by atoms with E-state index in [1.165, 1.54) is 42.9 Å². The topological polar surface area (TPSA) is 56.2 Å². The van der Waals surface area contributed by atoms with Gasteiger partial charge in [-0.15, -0.1) is 0 Å². The maximum Gasteiger partial charge on any atom is 0.231 e. The third-order valence-electron chi connectivity index (χ3n) is 7.46. The highest BCUT2D eigenvalue weighted by Gasteiger charge is 2.28. The zero-order chi connectivity index (χ0) is 30.5. The summed E-state index contributed by atoms with van der Waals surface area (Å²) in [6.45, 7) is 22.6. The first-order chi connectivity index (χ1) is 19.0.